The van der Waals surface area contributed by atoms with Crippen LogP contribution in [0.1, 0.15) is 39.8 Å². The van der Waals surface area contributed by atoms with E-state index in [1.807, 2.05) is 49.4 Å². The maximum atomic E-state index is 13.0. The van der Waals surface area contributed by atoms with Crippen molar-refractivity contribution in [3.8, 4) is 0 Å². The summed E-state index contributed by atoms with van der Waals surface area (Å²) < 4.78 is 0. The SMILES string of the molecule is CC(=O)Nc1cc(C(=O)c2ccc3c(/C=C/c4ccccn4)n[nH]c3c2)ccc1C. The van der Waals surface area contributed by atoms with Crippen LogP contribution in [0.25, 0.3) is 23.1 Å². The number of ketones is 1. The number of aryl methyl sites for hydroxylation is 1. The van der Waals surface area contributed by atoms with Crippen molar-refractivity contribution in [2.75, 3.05) is 5.32 Å². The second-order valence-electron chi connectivity index (χ2n) is 7.00. The molecular weight excluding hydrogens is 376 g/mol. The zero-order valence-electron chi connectivity index (χ0n) is 16.6. The Morgan fingerprint density at radius 2 is 1.80 bits per heavy atom. The van der Waals surface area contributed by atoms with Crippen molar-refractivity contribution in [3.63, 3.8) is 0 Å². The van der Waals surface area contributed by atoms with Crippen LogP contribution in [-0.2, 0) is 4.79 Å². The van der Waals surface area contributed by atoms with Crippen LogP contribution in [0.2, 0.25) is 0 Å². The van der Waals surface area contributed by atoms with Gasteiger partial charge in [-0.2, -0.15) is 5.10 Å². The van der Waals surface area contributed by atoms with Gasteiger partial charge in [-0.25, -0.2) is 0 Å². The summed E-state index contributed by atoms with van der Waals surface area (Å²) in [5.41, 5.74) is 4.99. The molecule has 0 aliphatic heterocycles. The Kier molecular flexibility index (Phi) is 5.22. The fraction of sp³-hybridized carbons (Fsp3) is 0.0833. The molecule has 0 aliphatic carbocycles. The monoisotopic (exact) mass is 396 g/mol. The maximum Gasteiger partial charge on any atom is 0.221 e. The second kappa shape index (κ2) is 8.13. The number of hydrogen-bond acceptors (Lipinski definition) is 4. The van der Waals surface area contributed by atoms with Crippen LogP contribution in [0.15, 0.2) is 60.8 Å². The molecular formula is C24H20N4O2. The first kappa shape index (κ1) is 19.3. The van der Waals surface area contributed by atoms with Gasteiger partial charge in [-0.15, -0.1) is 0 Å². The highest BCUT2D eigenvalue weighted by Crippen LogP contribution is 2.23. The normalized spacial score (nSPS) is 11.1. The summed E-state index contributed by atoms with van der Waals surface area (Å²) >= 11 is 0. The summed E-state index contributed by atoms with van der Waals surface area (Å²) in [6.07, 6.45) is 5.52. The van der Waals surface area contributed by atoms with E-state index in [-0.39, 0.29) is 11.7 Å². The molecule has 30 heavy (non-hydrogen) atoms. The highest BCUT2D eigenvalue weighted by Gasteiger charge is 2.13. The number of H-pyrrole nitrogens is 1. The van der Waals surface area contributed by atoms with E-state index in [0.717, 1.165) is 27.9 Å². The lowest BCUT2D eigenvalue weighted by Crippen LogP contribution is -2.09. The van der Waals surface area contributed by atoms with E-state index in [4.69, 9.17) is 0 Å². The van der Waals surface area contributed by atoms with Crippen LogP contribution < -0.4 is 5.32 Å². The zero-order chi connectivity index (χ0) is 21.1. The van der Waals surface area contributed by atoms with Gasteiger partial charge in [-0.1, -0.05) is 24.3 Å². The van der Waals surface area contributed by atoms with Crippen molar-refractivity contribution < 1.29 is 9.59 Å². The Bertz CT molecular complexity index is 1270. The second-order valence-corrected chi connectivity index (χ2v) is 7.00. The van der Waals surface area contributed by atoms with Gasteiger partial charge in [0.1, 0.15) is 0 Å². The lowest BCUT2D eigenvalue weighted by atomic mass is 10.00. The minimum Gasteiger partial charge on any atom is -0.326 e. The molecule has 0 unspecified atom stereocenters. The summed E-state index contributed by atoms with van der Waals surface area (Å²) in [5.74, 6) is -0.295. The van der Waals surface area contributed by atoms with Gasteiger partial charge >= 0.3 is 0 Å². The van der Waals surface area contributed by atoms with Crippen LogP contribution >= 0.6 is 0 Å². The lowest BCUT2D eigenvalue weighted by Gasteiger charge is -2.09. The Morgan fingerprint density at radius 1 is 1.00 bits per heavy atom. The van der Waals surface area contributed by atoms with Crippen molar-refractivity contribution in [2.24, 2.45) is 0 Å². The molecule has 0 fully saturated rings. The number of aromatic amines is 1. The molecule has 0 atom stereocenters. The number of carbonyl (C=O) groups is 2. The Hall–Kier alpha value is -4.06. The van der Waals surface area contributed by atoms with E-state index >= 15 is 0 Å². The number of amides is 1. The molecule has 2 heterocycles. The molecule has 1 amide bonds. The van der Waals surface area contributed by atoms with Crippen LogP contribution in [0, 0.1) is 6.92 Å². The number of nitrogens with one attached hydrogen (secondary N) is 2. The zero-order valence-corrected chi connectivity index (χ0v) is 16.6. The predicted molar refractivity (Wildman–Crippen MR) is 118 cm³/mol. The van der Waals surface area contributed by atoms with Gasteiger partial charge in [-0.05, 0) is 55.0 Å². The molecule has 4 rings (SSSR count). The smallest absolute Gasteiger partial charge is 0.221 e. The maximum absolute atomic E-state index is 13.0. The van der Waals surface area contributed by atoms with E-state index < -0.39 is 0 Å². The third-order valence-electron chi connectivity index (χ3n) is 4.76. The number of fused-ring (bicyclic) bond motifs is 1. The molecule has 2 N–H and O–H groups in total. The van der Waals surface area contributed by atoms with Gasteiger partial charge in [-0.3, -0.25) is 19.7 Å². The predicted octanol–water partition coefficient (Wildman–Crippen LogP) is 4.63. The van der Waals surface area contributed by atoms with Crippen LogP contribution in [0.3, 0.4) is 0 Å². The van der Waals surface area contributed by atoms with Gasteiger partial charge in [0.25, 0.3) is 0 Å². The third kappa shape index (κ3) is 4.03. The molecule has 0 bridgehead atoms. The number of carbonyl (C=O) groups excluding carboxylic acids is 2. The van der Waals surface area contributed by atoms with E-state index in [2.05, 4.69) is 20.5 Å². The molecule has 2 aromatic carbocycles. The fourth-order valence-electron chi connectivity index (χ4n) is 3.20. The van der Waals surface area contributed by atoms with Gasteiger partial charge in [0.2, 0.25) is 5.91 Å². The molecule has 2 aromatic heterocycles. The quantitative estimate of drug-likeness (QED) is 0.482. The first-order valence-corrected chi connectivity index (χ1v) is 9.51. The molecule has 0 saturated carbocycles. The van der Waals surface area contributed by atoms with Gasteiger partial charge in [0, 0.05) is 35.3 Å². The highest BCUT2D eigenvalue weighted by molar-refractivity contribution is 6.11. The third-order valence-corrected chi connectivity index (χ3v) is 4.76. The topological polar surface area (TPSA) is 87.7 Å². The van der Waals surface area contributed by atoms with Gasteiger partial charge in [0.15, 0.2) is 5.78 Å². The molecule has 6 heteroatoms. The van der Waals surface area contributed by atoms with Crippen molar-refractivity contribution >= 4 is 40.4 Å². The average Bonchev–Trinajstić information content (AvgIpc) is 3.16. The van der Waals surface area contributed by atoms with Gasteiger partial charge in [0.05, 0.1) is 16.9 Å². The summed E-state index contributed by atoms with van der Waals surface area (Å²) in [7, 11) is 0. The molecule has 6 nitrogen and oxygen atoms in total. The first-order chi connectivity index (χ1) is 14.5. The van der Waals surface area contributed by atoms with E-state index in [1.54, 1.807) is 30.5 Å². The van der Waals surface area contributed by atoms with E-state index in [9.17, 15) is 9.59 Å². The molecule has 0 spiro atoms. The number of rotatable bonds is 5. The van der Waals surface area contributed by atoms with E-state index in [1.165, 1.54) is 6.92 Å². The molecule has 0 aliphatic rings. The standard InChI is InChI=1S/C24H20N4O2/c1-15-6-7-17(13-22(15)26-16(2)29)24(30)18-8-10-20-21(27-28-23(20)14-18)11-9-19-5-3-4-12-25-19/h3-14H,1-2H3,(H,26,29)(H,27,28)/b11-9+. The Balaban J connectivity index is 1.62. The van der Waals surface area contributed by atoms with Crippen molar-refractivity contribution in [1.82, 2.24) is 15.2 Å². The highest BCUT2D eigenvalue weighted by atomic mass is 16.1. The minimum absolute atomic E-state index is 0.122. The Morgan fingerprint density at radius 3 is 2.57 bits per heavy atom. The average molecular weight is 396 g/mol. The number of nitrogens with zero attached hydrogens (tertiary/aromatic N) is 2. The summed E-state index contributed by atoms with van der Waals surface area (Å²) in [6.45, 7) is 3.33. The molecule has 4 aromatic rings. The lowest BCUT2D eigenvalue weighted by molar-refractivity contribution is -0.114. The number of pyridine rings is 1. The summed E-state index contributed by atoms with van der Waals surface area (Å²) in [6, 6.07) is 16.5. The minimum atomic E-state index is -0.173. The van der Waals surface area contributed by atoms with Crippen LogP contribution in [-0.4, -0.2) is 26.9 Å². The largest absolute Gasteiger partial charge is 0.326 e. The first-order valence-electron chi connectivity index (χ1n) is 9.51. The number of hydrogen-bond donors (Lipinski definition) is 2. The van der Waals surface area contributed by atoms with Crippen molar-refractivity contribution in [3.05, 3.63) is 88.9 Å². The van der Waals surface area contributed by atoms with Crippen molar-refractivity contribution in [2.45, 2.75) is 13.8 Å². The summed E-state index contributed by atoms with van der Waals surface area (Å²) in [4.78, 5) is 28.6. The molecule has 0 saturated heterocycles. The van der Waals surface area contributed by atoms with Crippen LogP contribution in [0.4, 0.5) is 5.69 Å². The van der Waals surface area contributed by atoms with Crippen LogP contribution in [0.5, 0.6) is 0 Å². The number of anilines is 1. The number of aromatic nitrogens is 3. The van der Waals surface area contributed by atoms with E-state index in [0.29, 0.717) is 16.8 Å². The fourth-order valence-corrected chi connectivity index (χ4v) is 3.20. The summed E-state index contributed by atoms with van der Waals surface area (Å²) in [5, 5.41) is 11.0. The number of benzene rings is 2. The van der Waals surface area contributed by atoms with Crippen molar-refractivity contribution in [1.29, 1.82) is 0 Å². The molecule has 148 valence electrons. The molecule has 0 radical (unpaired) electrons. The van der Waals surface area contributed by atoms with Gasteiger partial charge < -0.3 is 5.32 Å². The Labute approximate surface area is 173 Å².